The van der Waals surface area contributed by atoms with Crippen LogP contribution in [0.25, 0.3) is 0 Å². The van der Waals surface area contributed by atoms with Crippen LogP contribution in [0, 0.1) is 5.41 Å². The zero-order valence-electron chi connectivity index (χ0n) is 17.4. The Labute approximate surface area is 179 Å². The van der Waals surface area contributed by atoms with Crippen molar-refractivity contribution in [1.29, 1.82) is 0 Å². The lowest BCUT2D eigenvalue weighted by atomic mass is 9.88. The summed E-state index contributed by atoms with van der Waals surface area (Å²) in [5.41, 5.74) is 6.21. The van der Waals surface area contributed by atoms with E-state index in [-0.39, 0.29) is 11.2 Å². The maximum absolute atomic E-state index is 12.0. The van der Waals surface area contributed by atoms with Crippen molar-refractivity contribution in [1.82, 2.24) is 0 Å². The average Bonchev–Trinajstić information content (AvgIpc) is 2.85. The van der Waals surface area contributed by atoms with Gasteiger partial charge in [-0.15, -0.1) is 5.73 Å². The van der Waals surface area contributed by atoms with E-state index in [1.54, 1.807) is 36.4 Å². The summed E-state index contributed by atoms with van der Waals surface area (Å²) in [5.74, 6) is 0.109. The van der Waals surface area contributed by atoms with E-state index < -0.39 is 0 Å². The van der Waals surface area contributed by atoms with Gasteiger partial charge in [0.2, 0.25) is 0 Å². The van der Waals surface area contributed by atoms with Crippen LogP contribution in [0.1, 0.15) is 57.3 Å². The van der Waals surface area contributed by atoms with Crippen molar-refractivity contribution in [3.63, 3.8) is 0 Å². The van der Waals surface area contributed by atoms with E-state index in [0.717, 1.165) is 12.0 Å². The maximum atomic E-state index is 12.0. The molecule has 1 aromatic carbocycles. The van der Waals surface area contributed by atoms with Crippen molar-refractivity contribution >= 4 is 34.7 Å². The summed E-state index contributed by atoms with van der Waals surface area (Å²) in [6.07, 6.45) is 9.59. The van der Waals surface area contributed by atoms with Gasteiger partial charge in [-0.2, -0.15) is 0 Å². The first-order valence-corrected chi connectivity index (χ1v) is 10.2. The van der Waals surface area contributed by atoms with Gasteiger partial charge in [-0.3, -0.25) is 9.79 Å². The summed E-state index contributed by atoms with van der Waals surface area (Å²) in [6.45, 7) is 8.73. The normalized spacial score (nSPS) is 13.9. The van der Waals surface area contributed by atoms with Crippen molar-refractivity contribution in [2.75, 3.05) is 7.05 Å². The molecule has 0 saturated heterocycles. The number of benzene rings is 1. The lowest BCUT2D eigenvalue weighted by Crippen LogP contribution is -2.18. The number of carbonyl (C=O) groups excluding carboxylic acids is 1. The third-order valence-electron chi connectivity index (χ3n) is 4.24. The number of carbonyl (C=O) groups is 1. The van der Waals surface area contributed by atoms with Gasteiger partial charge >= 0.3 is 0 Å². The number of halogens is 2. The van der Waals surface area contributed by atoms with Crippen LogP contribution >= 0.6 is 23.2 Å². The summed E-state index contributed by atoms with van der Waals surface area (Å²) < 4.78 is 0. The lowest BCUT2D eigenvalue weighted by molar-refractivity contribution is 0.0983. The van der Waals surface area contributed by atoms with E-state index in [4.69, 9.17) is 23.2 Å². The molecule has 2 rings (SSSR count). The SMILES string of the molecule is CCC(=NC)C(C)(C)C.O=C(CCC1=CC=C=C(Cl)C=C1)c1ccc(Cl)cc1. The highest BCUT2D eigenvalue weighted by atomic mass is 35.5. The molecule has 0 aliphatic heterocycles. The Morgan fingerprint density at radius 3 is 2.25 bits per heavy atom. The topological polar surface area (TPSA) is 29.4 Å². The minimum atomic E-state index is 0.109. The Morgan fingerprint density at radius 2 is 1.75 bits per heavy atom. The Morgan fingerprint density at radius 1 is 1.11 bits per heavy atom. The summed E-state index contributed by atoms with van der Waals surface area (Å²) in [7, 11) is 1.87. The van der Waals surface area contributed by atoms with Crippen LogP contribution in [0.4, 0.5) is 0 Å². The number of allylic oxidation sites excluding steroid dienone is 5. The highest BCUT2D eigenvalue weighted by molar-refractivity contribution is 6.31. The highest BCUT2D eigenvalue weighted by Gasteiger charge is 2.15. The van der Waals surface area contributed by atoms with Crippen LogP contribution in [-0.2, 0) is 0 Å². The summed E-state index contributed by atoms with van der Waals surface area (Å²) >= 11 is 11.6. The van der Waals surface area contributed by atoms with Crippen LogP contribution < -0.4 is 0 Å². The van der Waals surface area contributed by atoms with E-state index in [0.29, 0.717) is 28.5 Å². The third-order valence-corrected chi connectivity index (χ3v) is 4.73. The van der Waals surface area contributed by atoms with Gasteiger partial charge in [0.1, 0.15) is 0 Å². The van der Waals surface area contributed by atoms with E-state index in [1.165, 1.54) is 5.71 Å². The van der Waals surface area contributed by atoms with E-state index in [2.05, 4.69) is 38.4 Å². The first-order valence-electron chi connectivity index (χ1n) is 9.41. The highest BCUT2D eigenvalue weighted by Crippen LogP contribution is 2.18. The van der Waals surface area contributed by atoms with Gasteiger partial charge in [0, 0.05) is 29.8 Å². The van der Waals surface area contributed by atoms with Gasteiger partial charge in [-0.25, -0.2) is 0 Å². The molecule has 0 bridgehead atoms. The zero-order valence-corrected chi connectivity index (χ0v) is 18.9. The van der Waals surface area contributed by atoms with Gasteiger partial charge in [0.05, 0.1) is 5.03 Å². The number of hydrogen-bond donors (Lipinski definition) is 0. The van der Waals surface area contributed by atoms with Crippen LogP contribution in [-0.4, -0.2) is 18.5 Å². The second kappa shape index (κ2) is 11.9. The number of ketones is 1. The summed E-state index contributed by atoms with van der Waals surface area (Å²) in [5, 5.41) is 1.20. The molecule has 0 saturated carbocycles. The second-order valence-corrected chi connectivity index (χ2v) is 8.28. The fourth-order valence-corrected chi connectivity index (χ4v) is 2.99. The molecule has 28 heavy (non-hydrogen) atoms. The Kier molecular flexibility index (Phi) is 10.2. The first-order chi connectivity index (χ1) is 13.2. The van der Waals surface area contributed by atoms with Crippen molar-refractivity contribution in [3.8, 4) is 0 Å². The second-order valence-electron chi connectivity index (χ2n) is 7.44. The Bertz CT molecular complexity index is 815. The average molecular weight is 418 g/mol. The molecule has 1 aliphatic carbocycles. The molecule has 0 amide bonds. The smallest absolute Gasteiger partial charge is 0.163 e. The van der Waals surface area contributed by atoms with Gasteiger partial charge in [0.25, 0.3) is 0 Å². The molecule has 0 atom stereocenters. The number of hydrogen-bond acceptors (Lipinski definition) is 2. The van der Waals surface area contributed by atoms with Gasteiger partial charge in [-0.05, 0) is 60.2 Å². The predicted molar refractivity (Wildman–Crippen MR) is 123 cm³/mol. The van der Waals surface area contributed by atoms with E-state index in [9.17, 15) is 4.79 Å². The molecule has 0 radical (unpaired) electrons. The van der Waals surface area contributed by atoms with Crippen LogP contribution in [0.2, 0.25) is 5.02 Å². The molecule has 4 heteroatoms. The van der Waals surface area contributed by atoms with Gasteiger partial charge < -0.3 is 0 Å². The molecular weight excluding hydrogens is 389 g/mol. The molecule has 1 aliphatic rings. The molecule has 0 aromatic heterocycles. The fraction of sp³-hybridized carbons (Fsp3) is 0.375. The molecule has 1 aromatic rings. The quantitative estimate of drug-likeness (QED) is 0.275. The van der Waals surface area contributed by atoms with Crippen LogP contribution in [0.3, 0.4) is 0 Å². The minimum Gasteiger partial charge on any atom is -0.297 e. The number of aliphatic imine (C=N–C) groups is 1. The Balaban J connectivity index is 0.000000370. The molecule has 0 unspecified atom stereocenters. The Hall–Kier alpha value is -1.86. The number of nitrogens with zero attached hydrogens (tertiary/aromatic N) is 1. The summed E-state index contributed by atoms with van der Waals surface area (Å²) in [4.78, 5) is 16.2. The molecule has 150 valence electrons. The standard InChI is InChI=1S/C16H12Cl2O.C8H17N/c17-14-3-1-2-12(4-8-14)5-11-16(19)13-6-9-15(18)10-7-13;1-6-7(9-5)8(2,3)4/h1-2,4,6-10H,5,11H2;6H2,1-5H3. The van der Waals surface area contributed by atoms with E-state index in [1.807, 2.05) is 19.2 Å². The first kappa shape index (κ1) is 24.2. The van der Waals surface area contributed by atoms with Crippen molar-refractivity contribution in [3.05, 3.63) is 75.5 Å². The van der Waals surface area contributed by atoms with Crippen molar-refractivity contribution < 1.29 is 4.79 Å². The monoisotopic (exact) mass is 417 g/mol. The molecule has 0 fully saturated rings. The summed E-state index contributed by atoms with van der Waals surface area (Å²) in [6, 6.07) is 6.96. The van der Waals surface area contributed by atoms with Crippen molar-refractivity contribution in [2.45, 2.75) is 47.0 Å². The van der Waals surface area contributed by atoms with Gasteiger partial charge in [-0.1, -0.05) is 63.0 Å². The number of Topliss-reactive ketones (excluding diaryl/α,β-unsaturated/α-hetero) is 1. The minimum absolute atomic E-state index is 0.109. The van der Waals surface area contributed by atoms with E-state index >= 15 is 0 Å². The van der Waals surface area contributed by atoms with Gasteiger partial charge in [0.15, 0.2) is 5.78 Å². The largest absolute Gasteiger partial charge is 0.297 e. The van der Waals surface area contributed by atoms with Crippen molar-refractivity contribution in [2.24, 2.45) is 10.4 Å². The molecular formula is C24H29Cl2NO. The van der Waals surface area contributed by atoms with Crippen LogP contribution in [0.15, 0.2) is 69.9 Å². The van der Waals surface area contributed by atoms with Crippen LogP contribution in [0.5, 0.6) is 0 Å². The molecule has 0 heterocycles. The molecule has 2 nitrogen and oxygen atoms in total. The lowest BCUT2D eigenvalue weighted by Gasteiger charge is -2.19. The maximum Gasteiger partial charge on any atom is 0.163 e. The molecule has 0 spiro atoms. The third kappa shape index (κ3) is 8.89. The fourth-order valence-electron chi connectivity index (χ4n) is 2.74. The number of rotatable bonds is 5. The predicted octanol–water partition coefficient (Wildman–Crippen LogP) is 7.59. The zero-order chi connectivity index (χ0) is 21.2. The molecule has 0 N–H and O–H groups in total.